The van der Waals surface area contributed by atoms with Crippen molar-refractivity contribution in [2.45, 2.75) is 32.4 Å². The molecule has 1 aromatic carbocycles. The second-order valence-corrected chi connectivity index (χ2v) is 8.41. The summed E-state index contributed by atoms with van der Waals surface area (Å²) in [5.41, 5.74) is 1.15. The second-order valence-electron chi connectivity index (χ2n) is 7.38. The highest BCUT2D eigenvalue weighted by Gasteiger charge is 2.29. The second kappa shape index (κ2) is 9.31. The van der Waals surface area contributed by atoms with E-state index in [4.69, 9.17) is 0 Å². The number of benzene rings is 1. The minimum Gasteiger partial charge on any atom is -0.369 e. The summed E-state index contributed by atoms with van der Waals surface area (Å²) in [6.07, 6.45) is 2.06. The topological polar surface area (TPSA) is 93.2 Å². The van der Waals surface area contributed by atoms with E-state index in [0.29, 0.717) is 6.54 Å². The molecular formula is C20H25N7O2S. The van der Waals surface area contributed by atoms with Crippen LogP contribution in [0.4, 0.5) is 11.4 Å². The number of thiophene rings is 1. The SMILES string of the molecule is CCC[C@H](c1nnnn1Cc1cccs1)N1CCN(c2ccc([N+](=O)[O-])cc2)CC1. The van der Waals surface area contributed by atoms with Crippen molar-refractivity contribution in [1.82, 2.24) is 25.1 Å². The maximum Gasteiger partial charge on any atom is 0.269 e. The largest absolute Gasteiger partial charge is 0.369 e. The summed E-state index contributed by atoms with van der Waals surface area (Å²) in [7, 11) is 0. The summed E-state index contributed by atoms with van der Waals surface area (Å²) in [4.78, 5) is 16.5. The van der Waals surface area contributed by atoms with Crippen LogP contribution in [0.15, 0.2) is 41.8 Å². The zero-order valence-electron chi connectivity index (χ0n) is 16.9. The van der Waals surface area contributed by atoms with Gasteiger partial charge < -0.3 is 4.90 Å². The van der Waals surface area contributed by atoms with Gasteiger partial charge in [0.2, 0.25) is 0 Å². The molecule has 4 rings (SSSR count). The number of tetrazole rings is 1. The van der Waals surface area contributed by atoms with Crippen LogP contribution in [-0.2, 0) is 6.54 Å². The van der Waals surface area contributed by atoms with Crippen molar-refractivity contribution in [1.29, 1.82) is 0 Å². The van der Waals surface area contributed by atoms with Crippen LogP contribution < -0.4 is 4.90 Å². The Morgan fingerprint density at radius 2 is 1.93 bits per heavy atom. The standard InChI is InChI=1S/C20H25N7O2S/c1-2-4-19(20-21-22-23-26(20)15-18-5-3-14-30-18)25-12-10-24(11-13-25)16-6-8-17(9-7-16)27(28)29/h3,5-9,14,19H,2,4,10-13,15H2,1H3/t19-/m1/s1. The molecule has 1 aliphatic rings. The molecule has 0 amide bonds. The fourth-order valence-corrected chi connectivity index (χ4v) is 4.62. The number of aromatic nitrogens is 4. The van der Waals surface area contributed by atoms with E-state index in [1.165, 1.54) is 4.88 Å². The van der Waals surface area contributed by atoms with Gasteiger partial charge in [0.05, 0.1) is 17.5 Å². The first-order chi connectivity index (χ1) is 14.7. The number of nitro benzene ring substituents is 1. The normalized spacial score (nSPS) is 16.0. The minimum absolute atomic E-state index is 0.123. The van der Waals surface area contributed by atoms with Crippen molar-refractivity contribution < 1.29 is 4.92 Å². The molecule has 0 radical (unpaired) electrons. The van der Waals surface area contributed by atoms with Crippen molar-refractivity contribution in [3.8, 4) is 0 Å². The molecular weight excluding hydrogens is 402 g/mol. The van der Waals surface area contributed by atoms with Gasteiger partial charge in [0.1, 0.15) is 0 Å². The average molecular weight is 428 g/mol. The van der Waals surface area contributed by atoms with Crippen LogP contribution in [-0.4, -0.2) is 56.2 Å². The Labute approximate surface area is 179 Å². The maximum atomic E-state index is 10.9. The van der Waals surface area contributed by atoms with Crippen LogP contribution in [0.3, 0.4) is 0 Å². The first kappa shape index (κ1) is 20.4. The van der Waals surface area contributed by atoms with Crippen LogP contribution in [0.25, 0.3) is 0 Å². The molecule has 158 valence electrons. The molecule has 10 heteroatoms. The number of non-ortho nitro benzene ring substituents is 1. The van der Waals surface area contributed by atoms with Crippen LogP contribution in [0.2, 0.25) is 0 Å². The average Bonchev–Trinajstić information content (AvgIpc) is 3.45. The molecule has 0 aliphatic carbocycles. The van der Waals surface area contributed by atoms with E-state index in [9.17, 15) is 10.1 Å². The van der Waals surface area contributed by atoms with Gasteiger partial charge in [0.25, 0.3) is 5.69 Å². The van der Waals surface area contributed by atoms with Gasteiger partial charge >= 0.3 is 0 Å². The van der Waals surface area contributed by atoms with Gasteiger partial charge in [-0.3, -0.25) is 15.0 Å². The number of nitrogens with zero attached hydrogens (tertiary/aromatic N) is 7. The monoisotopic (exact) mass is 427 g/mol. The third kappa shape index (κ3) is 4.49. The quantitative estimate of drug-likeness (QED) is 0.402. The molecule has 1 saturated heterocycles. The van der Waals surface area contributed by atoms with Gasteiger partial charge in [-0.1, -0.05) is 19.4 Å². The highest BCUT2D eigenvalue weighted by molar-refractivity contribution is 7.09. The predicted octanol–water partition coefficient (Wildman–Crippen LogP) is 3.35. The van der Waals surface area contributed by atoms with Gasteiger partial charge in [0.15, 0.2) is 5.82 Å². The van der Waals surface area contributed by atoms with E-state index in [1.54, 1.807) is 23.5 Å². The summed E-state index contributed by atoms with van der Waals surface area (Å²) >= 11 is 1.71. The molecule has 0 N–H and O–H groups in total. The predicted molar refractivity (Wildman–Crippen MR) is 116 cm³/mol. The van der Waals surface area contributed by atoms with Crippen molar-refractivity contribution in [2.75, 3.05) is 31.1 Å². The van der Waals surface area contributed by atoms with Gasteiger partial charge in [-0.15, -0.1) is 16.4 Å². The van der Waals surface area contributed by atoms with E-state index in [1.807, 2.05) is 22.9 Å². The molecule has 0 unspecified atom stereocenters. The van der Waals surface area contributed by atoms with Crippen molar-refractivity contribution in [3.05, 3.63) is 62.6 Å². The summed E-state index contributed by atoms with van der Waals surface area (Å²) < 4.78 is 1.93. The maximum absolute atomic E-state index is 10.9. The van der Waals surface area contributed by atoms with E-state index >= 15 is 0 Å². The zero-order chi connectivity index (χ0) is 20.9. The molecule has 0 bridgehead atoms. The highest BCUT2D eigenvalue weighted by atomic mass is 32.1. The molecule has 1 atom stereocenters. The third-order valence-corrected chi connectivity index (χ3v) is 6.35. The smallest absolute Gasteiger partial charge is 0.269 e. The fourth-order valence-electron chi connectivity index (χ4n) is 3.94. The van der Waals surface area contributed by atoms with Gasteiger partial charge in [-0.25, -0.2) is 4.68 Å². The molecule has 3 aromatic rings. The van der Waals surface area contributed by atoms with Gasteiger partial charge in [-0.05, 0) is 40.4 Å². The van der Waals surface area contributed by atoms with Crippen molar-refractivity contribution >= 4 is 22.7 Å². The molecule has 1 fully saturated rings. The van der Waals surface area contributed by atoms with Crippen LogP contribution >= 0.6 is 11.3 Å². The van der Waals surface area contributed by atoms with E-state index in [0.717, 1.165) is 50.5 Å². The molecule has 0 saturated carbocycles. The fraction of sp³-hybridized carbons (Fsp3) is 0.450. The highest BCUT2D eigenvalue weighted by Crippen LogP contribution is 2.28. The van der Waals surface area contributed by atoms with Gasteiger partial charge in [0, 0.05) is 48.9 Å². The lowest BCUT2D eigenvalue weighted by Crippen LogP contribution is -2.48. The number of hydrogen-bond acceptors (Lipinski definition) is 8. The number of hydrogen-bond donors (Lipinski definition) is 0. The molecule has 9 nitrogen and oxygen atoms in total. The summed E-state index contributed by atoms with van der Waals surface area (Å²) in [6, 6.07) is 11.1. The Hall–Kier alpha value is -2.85. The zero-order valence-corrected chi connectivity index (χ0v) is 17.7. The van der Waals surface area contributed by atoms with Crippen molar-refractivity contribution in [2.24, 2.45) is 0 Å². The van der Waals surface area contributed by atoms with E-state index in [-0.39, 0.29) is 16.7 Å². The third-order valence-electron chi connectivity index (χ3n) is 5.49. The molecule has 30 heavy (non-hydrogen) atoms. The van der Waals surface area contributed by atoms with Crippen LogP contribution in [0, 0.1) is 10.1 Å². The summed E-state index contributed by atoms with van der Waals surface area (Å²) in [6.45, 7) is 6.41. The molecule has 0 spiro atoms. The Morgan fingerprint density at radius 1 is 1.17 bits per heavy atom. The Kier molecular flexibility index (Phi) is 6.34. The van der Waals surface area contributed by atoms with Crippen LogP contribution in [0.1, 0.15) is 36.5 Å². The Morgan fingerprint density at radius 3 is 2.57 bits per heavy atom. The van der Waals surface area contributed by atoms with E-state index in [2.05, 4.69) is 43.7 Å². The van der Waals surface area contributed by atoms with Gasteiger partial charge in [-0.2, -0.15) is 0 Å². The van der Waals surface area contributed by atoms with E-state index < -0.39 is 0 Å². The number of nitro groups is 1. The number of anilines is 1. The summed E-state index contributed by atoms with van der Waals surface area (Å²) in [5, 5.41) is 25.5. The lowest BCUT2D eigenvalue weighted by molar-refractivity contribution is -0.384. The Bertz CT molecular complexity index is 950. The molecule has 2 aromatic heterocycles. The lowest BCUT2D eigenvalue weighted by atomic mass is 10.1. The van der Waals surface area contributed by atoms with Crippen LogP contribution in [0.5, 0.6) is 0 Å². The van der Waals surface area contributed by atoms with Crippen molar-refractivity contribution in [3.63, 3.8) is 0 Å². The first-order valence-electron chi connectivity index (χ1n) is 10.2. The lowest BCUT2D eigenvalue weighted by Gasteiger charge is -2.39. The molecule has 3 heterocycles. The number of piperazine rings is 1. The summed E-state index contributed by atoms with van der Waals surface area (Å²) in [5.74, 6) is 0.925. The minimum atomic E-state index is -0.364. The Balaban J connectivity index is 1.44. The molecule has 1 aliphatic heterocycles. The number of rotatable bonds is 8. The first-order valence-corrected chi connectivity index (χ1v) is 11.1.